The molecule has 0 spiro atoms. The van der Waals surface area contributed by atoms with Gasteiger partial charge >= 0.3 is 11.9 Å². The van der Waals surface area contributed by atoms with E-state index >= 15 is 0 Å². The number of benzene rings is 1. The van der Waals surface area contributed by atoms with Crippen molar-refractivity contribution in [3.8, 4) is 5.75 Å². The van der Waals surface area contributed by atoms with Gasteiger partial charge in [-0.25, -0.2) is 0 Å². The molecule has 30 heavy (non-hydrogen) atoms. The summed E-state index contributed by atoms with van der Waals surface area (Å²) in [6, 6.07) is 7.15. The molecule has 0 heterocycles. The third kappa shape index (κ3) is 6.06. The Hall–Kier alpha value is -2.38. The predicted octanol–water partition coefficient (Wildman–Crippen LogP) is 3.87. The second kappa shape index (κ2) is 13.0. The molecule has 0 bridgehead atoms. The van der Waals surface area contributed by atoms with Gasteiger partial charge in [0, 0.05) is 18.8 Å². The molecule has 1 unspecified atom stereocenters. The summed E-state index contributed by atoms with van der Waals surface area (Å²) < 4.78 is 28.1. The Balaban J connectivity index is 3.74. The number of hydrogen-bond acceptors (Lipinski definition) is 7. The first-order valence-electron chi connectivity index (χ1n) is 10.3. The lowest BCUT2D eigenvalue weighted by atomic mass is 9.72. The molecule has 1 rings (SSSR count). The van der Waals surface area contributed by atoms with Crippen molar-refractivity contribution in [2.75, 3.05) is 33.0 Å². The number of carbonyl (C=O) groups is 2. The maximum atomic E-state index is 13.1. The molecule has 0 radical (unpaired) electrons. The molecule has 0 aromatic heterocycles. The highest BCUT2D eigenvalue weighted by Crippen LogP contribution is 2.45. The van der Waals surface area contributed by atoms with E-state index < -0.39 is 29.6 Å². The van der Waals surface area contributed by atoms with E-state index in [-0.39, 0.29) is 19.8 Å². The summed E-state index contributed by atoms with van der Waals surface area (Å²) in [5, 5.41) is 0. The SMILES string of the molecule is C=CCOc1ccccc1C(C(OCC)OCC)C(C)(C(=O)OCC)C(=O)OCC. The molecule has 0 saturated carbocycles. The van der Waals surface area contributed by atoms with E-state index in [9.17, 15) is 9.59 Å². The molecule has 0 aliphatic heterocycles. The number of hydrogen-bond donors (Lipinski definition) is 0. The van der Waals surface area contributed by atoms with Gasteiger partial charge in [0.25, 0.3) is 0 Å². The zero-order valence-electron chi connectivity index (χ0n) is 18.6. The van der Waals surface area contributed by atoms with Gasteiger partial charge in [0.2, 0.25) is 0 Å². The fraction of sp³-hybridized carbons (Fsp3) is 0.565. The second-order valence-electron chi connectivity index (χ2n) is 6.54. The van der Waals surface area contributed by atoms with E-state index in [4.69, 9.17) is 23.7 Å². The lowest BCUT2D eigenvalue weighted by Gasteiger charge is -2.38. The van der Waals surface area contributed by atoms with E-state index in [0.29, 0.717) is 24.5 Å². The van der Waals surface area contributed by atoms with Crippen molar-refractivity contribution in [2.45, 2.75) is 46.8 Å². The number of rotatable bonds is 14. The van der Waals surface area contributed by atoms with Crippen molar-refractivity contribution < 1.29 is 33.3 Å². The lowest BCUT2D eigenvalue weighted by molar-refractivity contribution is -0.196. The summed E-state index contributed by atoms with van der Waals surface area (Å²) in [5.41, 5.74) is -1.15. The fourth-order valence-electron chi connectivity index (χ4n) is 3.22. The minimum absolute atomic E-state index is 0.114. The van der Waals surface area contributed by atoms with E-state index in [1.165, 1.54) is 6.92 Å². The molecular weight excluding hydrogens is 388 g/mol. The van der Waals surface area contributed by atoms with Gasteiger partial charge in [-0.1, -0.05) is 30.9 Å². The molecule has 0 amide bonds. The zero-order chi connectivity index (χ0) is 22.6. The number of ether oxygens (including phenoxy) is 5. The van der Waals surface area contributed by atoms with Crippen molar-refractivity contribution in [3.05, 3.63) is 42.5 Å². The Labute approximate surface area is 179 Å². The Morgan fingerprint density at radius 1 is 0.967 bits per heavy atom. The van der Waals surface area contributed by atoms with E-state index in [1.54, 1.807) is 44.2 Å². The van der Waals surface area contributed by atoms with Crippen LogP contribution in [0, 0.1) is 5.41 Å². The molecule has 7 nitrogen and oxygen atoms in total. The maximum absolute atomic E-state index is 13.1. The molecular formula is C23H34O7. The van der Waals surface area contributed by atoms with Crippen LogP contribution in [0.5, 0.6) is 5.75 Å². The van der Waals surface area contributed by atoms with Gasteiger partial charge in [-0.15, -0.1) is 0 Å². The summed E-state index contributed by atoms with van der Waals surface area (Å²) in [6.07, 6.45) is 0.705. The van der Waals surface area contributed by atoms with E-state index in [2.05, 4.69) is 6.58 Å². The Bertz CT molecular complexity index is 662. The van der Waals surface area contributed by atoms with Crippen molar-refractivity contribution in [3.63, 3.8) is 0 Å². The summed E-state index contributed by atoms with van der Waals surface area (Å²) >= 11 is 0. The highest BCUT2D eigenvalue weighted by molar-refractivity contribution is 6.01. The second-order valence-corrected chi connectivity index (χ2v) is 6.54. The standard InChI is InChI=1S/C23H34O7/c1-7-16-30-18-15-13-12-14-17(18)19(20(26-8-2)27-9-3)23(6,21(24)28-10-4)22(25)29-11-5/h7,12-15,19-20H,1,8-11,16H2,2-6H3. The van der Waals surface area contributed by atoms with Crippen LogP contribution < -0.4 is 4.74 Å². The van der Waals surface area contributed by atoms with Gasteiger partial charge in [0.15, 0.2) is 11.7 Å². The van der Waals surface area contributed by atoms with Gasteiger partial charge in [0.05, 0.1) is 19.1 Å². The van der Waals surface area contributed by atoms with E-state index in [1.807, 2.05) is 13.8 Å². The zero-order valence-corrected chi connectivity index (χ0v) is 18.6. The van der Waals surface area contributed by atoms with Crippen LogP contribution in [0.1, 0.15) is 46.1 Å². The third-order valence-electron chi connectivity index (χ3n) is 4.57. The quantitative estimate of drug-likeness (QED) is 0.195. The average molecular weight is 423 g/mol. The Morgan fingerprint density at radius 2 is 1.50 bits per heavy atom. The van der Waals surface area contributed by atoms with Crippen molar-refractivity contribution in [1.29, 1.82) is 0 Å². The molecule has 0 saturated heterocycles. The van der Waals surface area contributed by atoms with Gasteiger partial charge in [-0.2, -0.15) is 0 Å². The van der Waals surface area contributed by atoms with Gasteiger partial charge < -0.3 is 23.7 Å². The van der Waals surface area contributed by atoms with Crippen LogP contribution in [-0.4, -0.2) is 51.3 Å². The third-order valence-corrected chi connectivity index (χ3v) is 4.57. The molecule has 168 valence electrons. The highest BCUT2D eigenvalue weighted by atomic mass is 16.7. The first-order valence-corrected chi connectivity index (χ1v) is 10.3. The molecule has 1 aromatic carbocycles. The van der Waals surface area contributed by atoms with Crippen LogP contribution in [0.2, 0.25) is 0 Å². The molecule has 7 heteroatoms. The minimum atomic E-state index is -1.73. The average Bonchev–Trinajstić information content (AvgIpc) is 2.73. The van der Waals surface area contributed by atoms with Crippen molar-refractivity contribution in [1.82, 2.24) is 0 Å². The molecule has 0 aliphatic rings. The van der Waals surface area contributed by atoms with Crippen LogP contribution in [0.15, 0.2) is 36.9 Å². The van der Waals surface area contributed by atoms with Crippen LogP contribution in [0.25, 0.3) is 0 Å². The van der Waals surface area contributed by atoms with Gasteiger partial charge in [-0.05, 0) is 40.7 Å². The molecule has 0 aliphatic carbocycles. The van der Waals surface area contributed by atoms with Crippen LogP contribution in [-0.2, 0) is 28.5 Å². The first kappa shape index (κ1) is 25.7. The Morgan fingerprint density at radius 3 is 1.97 bits per heavy atom. The van der Waals surface area contributed by atoms with Crippen molar-refractivity contribution >= 4 is 11.9 Å². The first-order chi connectivity index (χ1) is 14.4. The lowest BCUT2D eigenvalue weighted by Crippen LogP contribution is -2.49. The van der Waals surface area contributed by atoms with Crippen molar-refractivity contribution in [2.24, 2.45) is 5.41 Å². The minimum Gasteiger partial charge on any atom is -0.489 e. The fourth-order valence-corrected chi connectivity index (χ4v) is 3.22. The number of esters is 2. The smallest absolute Gasteiger partial charge is 0.324 e. The molecule has 1 atom stereocenters. The highest BCUT2D eigenvalue weighted by Gasteiger charge is 2.56. The van der Waals surface area contributed by atoms with Crippen LogP contribution in [0.3, 0.4) is 0 Å². The number of carbonyl (C=O) groups excluding carboxylic acids is 2. The van der Waals surface area contributed by atoms with Crippen LogP contribution >= 0.6 is 0 Å². The van der Waals surface area contributed by atoms with Gasteiger partial charge in [0.1, 0.15) is 12.4 Å². The van der Waals surface area contributed by atoms with Crippen LogP contribution in [0.4, 0.5) is 0 Å². The topological polar surface area (TPSA) is 80.3 Å². The summed E-state index contributed by atoms with van der Waals surface area (Å²) in [6.45, 7) is 13.3. The molecule has 1 aromatic rings. The molecule has 0 fully saturated rings. The normalized spacial score (nSPS) is 12.3. The predicted molar refractivity (Wildman–Crippen MR) is 113 cm³/mol. The number of para-hydroxylation sites is 1. The summed E-state index contributed by atoms with van der Waals surface area (Å²) in [4.78, 5) is 26.3. The Kier molecular flexibility index (Phi) is 11.1. The maximum Gasteiger partial charge on any atom is 0.324 e. The summed E-state index contributed by atoms with van der Waals surface area (Å²) in [7, 11) is 0. The largest absolute Gasteiger partial charge is 0.489 e. The monoisotopic (exact) mass is 422 g/mol. The van der Waals surface area contributed by atoms with Gasteiger partial charge in [-0.3, -0.25) is 9.59 Å². The van der Waals surface area contributed by atoms with E-state index in [0.717, 1.165) is 0 Å². The molecule has 0 N–H and O–H groups in total. The summed E-state index contributed by atoms with van der Waals surface area (Å²) in [5.74, 6) is -1.81.